The molecule has 0 unspecified atom stereocenters. The van der Waals surface area contributed by atoms with Crippen molar-refractivity contribution in [2.24, 2.45) is 0 Å². The first-order valence-electron chi connectivity index (χ1n) is 7.37. The molecule has 0 aliphatic rings. The molecule has 124 valence electrons. The molecule has 3 aromatic rings. The van der Waals surface area contributed by atoms with E-state index in [-0.39, 0.29) is 5.56 Å². The number of thioether (sulfide) groups is 1. The van der Waals surface area contributed by atoms with Gasteiger partial charge in [-0.15, -0.1) is 0 Å². The zero-order valence-electron chi connectivity index (χ0n) is 13.6. The first-order chi connectivity index (χ1) is 11.6. The minimum Gasteiger partial charge on any atom is -0.496 e. The van der Waals surface area contributed by atoms with E-state index >= 15 is 0 Å². The predicted molar refractivity (Wildman–Crippen MR) is 92.4 cm³/mol. The van der Waals surface area contributed by atoms with Crippen LogP contribution in [0, 0.1) is 13.8 Å². The minimum atomic E-state index is -0.156. The SMILES string of the molecule is COc1ccccc1-c1nc(CSc2nc(C)cc(=O)[nH]2)c(C)o1. The molecule has 3 rings (SSSR count). The van der Waals surface area contributed by atoms with Gasteiger partial charge in [-0.1, -0.05) is 23.9 Å². The Hall–Kier alpha value is -2.54. The summed E-state index contributed by atoms with van der Waals surface area (Å²) in [5.41, 5.74) is 2.15. The molecule has 7 heteroatoms. The highest BCUT2D eigenvalue weighted by Gasteiger charge is 2.15. The van der Waals surface area contributed by atoms with E-state index in [4.69, 9.17) is 9.15 Å². The first-order valence-corrected chi connectivity index (χ1v) is 8.36. The normalized spacial score (nSPS) is 10.8. The van der Waals surface area contributed by atoms with Crippen LogP contribution in [0.15, 0.2) is 44.7 Å². The number of aromatic nitrogens is 3. The molecule has 0 aliphatic heterocycles. The Kier molecular flexibility index (Phi) is 4.71. The van der Waals surface area contributed by atoms with Crippen LogP contribution in [-0.4, -0.2) is 22.1 Å². The number of rotatable bonds is 5. The second kappa shape index (κ2) is 6.92. The molecule has 6 nitrogen and oxygen atoms in total. The third kappa shape index (κ3) is 3.51. The third-order valence-electron chi connectivity index (χ3n) is 3.42. The lowest BCUT2D eigenvalue weighted by molar-refractivity contribution is 0.414. The van der Waals surface area contributed by atoms with Gasteiger partial charge in [0.25, 0.3) is 5.56 Å². The lowest BCUT2D eigenvalue weighted by atomic mass is 10.2. The number of methoxy groups -OCH3 is 1. The van der Waals surface area contributed by atoms with E-state index < -0.39 is 0 Å². The summed E-state index contributed by atoms with van der Waals surface area (Å²) in [5, 5.41) is 0.571. The van der Waals surface area contributed by atoms with E-state index in [1.165, 1.54) is 17.8 Å². The van der Waals surface area contributed by atoms with E-state index in [2.05, 4.69) is 15.0 Å². The summed E-state index contributed by atoms with van der Waals surface area (Å²) in [6, 6.07) is 9.04. The largest absolute Gasteiger partial charge is 0.496 e. The second-order valence-corrected chi connectivity index (χ2v) is 6.17. The summed E-state index contributed by atoms with van der Waals surface area (Å²) in [6.07, 6.45) is 0. The Balaban J connectivity index is 1.83. The van der Waals surface area contributed by atoms with E-state index in [0.717, 1.165) is 17.0 Å². The average molecular weight is 343 g/mol. The van der Waals surface area contributed by atoms with Crippen LogP contribution in [0.5, 0.6) is 5.75 Å². The molecule has 24 heavy (non-hydrogen) atoms. The highest BCUT2D eigenvalue weighted by molar-refractivity contribution is 7.98. The first kappa shape index (κ1) is 16.3. The molecule has 2 aromatic heterocycles. The number of nitrogens with zero attached hydrogens (tertiary/aromatic N) is 2. The average Bonchev–Trinajstić information content (AvgIpc) is 2.93. The Labute approximate surface area is 143 Å². The summed E-state index contributed by atoms with van der Waals surface area (Å²) < 4.78 is 11.1. The molecule has 0 amide bonds. The van der Waals surface area contributed by atoms with Crippen LogP contribution in [0.1, 0.15) is 17.1 Å². The molecular weight excluding hydrogens is 326 g/mol. The molecule has 0 spiro atoms. The quantitative estimate of drug-likeness (QED) is 0.565. The summed E-state index contributed by atoms with van der Waals surface area (Å²) in [5.74, 6) is 2.52. The Bertz CT molecular complexity index is 917. The van der Waals surface area contributed by atoms with E-state index in [1.54, 1.807) is 14.0 Å². The van der Waals surface area contributed by atoms with Crippen LogP contribution < -0.4 is 10.3 Å². The molecule has 1 N–H and O–H groups in total. The van der Waals surface area contributed by atoms with Crippen molar-refractivity contribution >= 4 is 11.8 Å². The van der Waals surface area contributed by atoms with Gasteiger partial charge in [0.05, 0.1) is 18.4 Å². The molecule has 0 aliphatic carbocycles. The number of oxazole rings is 1. The van der Waals surface area contributed by atoms with Crippen molar-refractivity contribution in [3.05, 3.63) is 57.8 Å². The van der Waals surface area contributed by atoms with Crippen LogP contribution >= 0.6 is 11.8 Å². The standard InChI is InChI=1S/C17H17N3O3S/c1-10-8-15(21)20-17(18-10)24-9-13-11(2)23-16(19-13)12-6-4-5-7-14(12)22-3/h4-8H,9H2,1-3H3,(H,18,20,21). The van der Waals surface area contributed by atoms with Crippen molar-refractivity contribution in [1.29, 1.82) is 0 Å². The van der Waals surface area contributed by atoms with E-state index in [9.17, 15) is 4.79 Å². The number of H-pyrrole nitrogens is 1. The zero-order chi connectivity index (χ0) is 17.1. The second-order valence-electron chi connectivity index (χ2n) is 5.20. The van der Waals surface area contributed by atoms with Crippen LogP contribution in [0.4, 0.5) is 0 Å². The van der Waals surface area contributed by atoms with E-state index in [0.29, 0.717) is 28.2 Å². The number of aryl methyl sites for hydroxylation is 2. The molecule has 0 atom stereocenters. The number of nitrogens with one attached hydrogen (secondary N) is 1. The summed E-state index contributed by atoms with van der Waals surface area (Å²) in [6.45, 7) is 3.66. The van der Waals surface area contributed by atoms with Gasteiger partial charge in [-0.25, -0.2) is 9.97 Å². The van der Waals surface area contributed by atoms with Gasteiger partial charge in [0.1, 0.15) is 11.5 Å². The maximum absolute atomic E-state index is 11.5. The molecule has 0 saturated carbocycles. The van der Waals surface area contributed by atoms with Crippen LogP contribution in [0.2, 0.25) is 0 Å². The fourth-order valence-corrected chi connectivity index (χ4v) is 3.18. The lowest BCUT2D eigenvalue weighted by Gasteiger charge is -2.03. The summed E-state index contributed by atoms with van der Waals surface area (Å²) in [4.78, 5) is 23.1. The molecule has 1 aromatic carbocycles. The van der Waals surface area contributed by atoms with Gasteiger partial charge in [-0.3, -0.25) is 4.79 Å². The highest BCUT2D eigenvalue weighted by atomic mass is 32.2. The monoisotopic (exact) mass is 343 g/mol. The number of para-hydroxylation sites is 1. The van der Waals surface area contributed by atoms with Crippen LogP contribution in [-0.2, 0) is 5.75 Å². The summed E-state index contributed by atoms with van der Waals surface area (Å²) >= 11 is 1.41. The minimum absolute atomic E-state index is 0.156. The van der Waals surface area contributed by atoms with Gasteiger partial charge >= 0.3 is 0 Å². The van der Waals surface area contributed by atoms with Crippen molar-refractivity contribution in [2.45, 2.75) is 24.8 Å². The maximum Gasteiger partial charge on any atom is 0.251 e. The molecule has 2 heterocycles. The number of benzene rings is 1. The molecule has 0 bridgehead atoms. The molecule has 0 radical (unpaired) electrons. The number of hydrogen-bond donors (Lipinski definition) is 1. The van der Waals surface area contributed by atoms with Crippen LogP contribution in [0.3, 0.4) is 0 Å². The fraction of sp³-hybridized carbons (Fsp3) is 0.235. The highest BCUT2D eigenvalue weighted by Crippen LogP contribution is 2.31. The van der Waals surface area contributed by atoms with Gasteiger partial charge in [-0.05, 0) is 26.0 Å². The van der Waals surface area contributed by atoms with Crippen molar-refractivity contribution < 1.29 is 9.15 Å². The zero-order valence-corrected chi connectivity index (χ0v) is 14.4. The smallest absolute Gasteiger partial charge is 0.251 e. The Morgan fingerprint density at radius 2 is 2.04 bits per heavy atom. The van der Waals surface area contributed by atoms with Gasteiger partial charge < -0.3 is 14.1 Å². The predicted octanol–water partition coefficient (Wildman–Crippen LogP) is 3.34. The topological polar surface area (TPSA) is 81.0 Å². The Morgan fingerprint density at radius 1 is 1.25 bits per heavy atom. The number of hydrogen-bond acceptors (Lipinski definition) is 6. The third-order valence-corrected chi connectivity index (χ3v) is 4.31. The van der Waals surface area contributed by atoms with Crippen LogP contribution in [0.25, 0.3) is 11.5 Å². The van der Waals surface area contributed by atoms with Crippen molar-refractivity contribution in [3.63, 3.8) is 0 Å². The van der Waals surface area contributed by atoms with Gasteiger partial charge in [0.2, 0.25) is 5.89 Å². The maximum atomic E-state index is 11.5. The molecule has 0 fully saturated rings. The summed E-state index contributed by atoms with van der Waals surface area (Å²) in [7, 11) is 1.62. The van der Waals surface area contributed by atoms with Gasteiger partial charge in [-0.2, -0.15) is 0 Å². The van der Waals surface area contributed by atoms with Gasteiger partial charge in [0.15, 0.2) is 5.16 Å². The van der Waals surface area contributed by atoms with Gasteiger partial charge in [0, 0.05) is 17.5 Å². The van der Waals surface area contributed by atoms with Crippen molar-refractivity contribution in [2.75, 3.05) is 7.11 Å². The molecular formula is C17H17N3O3S. The Morgan fingerprint density at radius 3 is 2.79 bits per heavy atom. The number of aromatic amines is 1. The molecule has 0 saturated heterocycles. The van der Waals surface area contributed by atoms with Crippen molar-refractivity contribution in [3.8, 4) is 17.2 Å². The number of ether oxygens (including phenoxy) is 1. The fourth-order valence-electron chi connectivity index (χ4n) is 2.26. The van der Waals surface area contributed by atoms with Crippen molar-refractivity contribution in [1.82, 2.24) is 15.0 Å². The van der Waals surface area contributed by atoms with E-state index in [1.807, 2.05) is 31.2 Å². The lowest BCUT2D eigenvalue weighted by Crippen LogP contribution is -2.08.